The van der Waals surface area contributed by atoms with Crippen LogP contribution in [0.15, 0.2) is 16.8 Å². The number of aliphatic hydroxyl groups excluding tert-OH is 1. The van der Waals surface area contributed by atoms with Crippen LogP contribution in [0.1, 0.15) is 65.2 Å². The molecule has 122 valence electrons. The summed E-state index contributed by atoms with van der Waals surface area (Å²) in [5.74, 6) is 8.04. The number of allylic oxidation sites excluding steroid dienone is 1. The Hall–Kier alpha value is -0.830. The molecule has 3 heteroatoms. The second-order valence-electron chi connectivity index (χ2n) is 8.73. The summed E-state index contributed by atoms with van der Waals surface area (Å²) in [5.41, 5.74) is 3.43. The monoisotopic (exact) mass is 302 g/mol. The summed E-state index contributed by atoms with van der Waals surface area (Å²) < 4.78 is 0. The number of hydrogen-bond donors (Lipinski definition) is 2. The molecule has 4 aliphatic rings. The van der Waals surface area contributed by atoms with Crippen LogP contribution in [0.3, 0.4) is 0 Å². The van der Waals surface area contributed by atoms with Gasteiger partial charge in [-0.25, -0.2) is 0 Å². The fourth-order valence-electron chi connectivity index (χ4n) is 6.64. The number of hydrogen-bond acceptors (Lipinski definition) is 3. The Labute approximate surface area is 134 Å². The average molecular weight is 302 g/mol. The van der Waals surface area contributed by atoms with Crippen LogP contribution in [-0.4, -0.2) is 16.9 Å². The lowest BCUT2D eigenvalue weighted by Gasteiger charge is -2.57. The van der Waals surface area contributed by atoms with Crippen molar-refractivity contribution in [3.63, 3.8) is 0 Å². The zero-order valence-corrected chi connectivity index (χ0v) is 14.0. The van der Waals surface area contributed by atoms with Gasteiger partial charge in [0.05, 0.1) is 6.10 Å². The lowest BCUT2D eigenvalue weighted by molar-refractivity contribution is -0.0209. The van der Waals surface area contributed by atoms with Crippen molar-refractivity contribution in [2.24, 2.45) is 39.5 Å². The first-order valence-corrected chi connectivity index (χ1v) is 9.14. The highest BCUT2D eigenvalue weighted by Crippen LogP contribution is 2.64. The number of nitrogens with zero attached hydrogens (tertiary/aromatic N) is 1. The molecule has 22 heavy (non-hydrogen) atoms. The van der Waals surface area contributed by atoms with E-state index in [9.17, 15) is 5.11 Å². The van der Waals surface area contributed by atoms with E-state index in [1.165, 1.54) is 37.8 Å². The molecule has 0 aliphatic heterocycles. The van der Waals surface area contributed by atoms with Crippen molar-refractivity contribution >= 4 is 5.71 Å². The first kappa shape index (κ1) is 14.7. The van der Waals surface area contributed by atoms with E-state index >= 15 is 0 Å². The largest absolute Gasteiger partial charge is 0.393 e. The minimum absolute atomic E-state index is 0.104. The SMILES string of the molecule is C[C@]12CC[C@@H](O)CC1=CC[C@H]1[C@H]2CC[C@@]2(C)/C(=N/N)CC[C@H]12. The van der Waals surface area contributed by atoms with E-state index in [-0.39, 0.29) is 11.5 Å². The maximum Gasteiger partial charge on any atom is 0.0577 e. The molecule has 0 amide bonds. The van der Waals surface area contributed by atoms with Gasteiger partial charge in [-0.15, -0.1) is 0 Å². The van der Waals surface area contributed by atoms with E-state index in [2.05, 4.69) is 25.0 Å². The van der Waals surface area contributed by atoms with E-state index in [1.54, 1.807) is 5.57 Å². The molecule has 3 nitrogen and oxygen atoms in total. The molecule has 0 aromatic carbocycles. The molecule has 6 atom stereocenters. The lowest BCUT2D eigenvalue weighted by atomic mass is 9.48. The molecular formula is C19H30N2O. The molecule has 0 unspecified atom stereocenters. The van der Waals surface area contributed by atoms with Gasteiger partial charge in [-0.05, 0) is 74.5 Å². The van der Waals surface area contributed by atoms with Crippen LogP contribution in [0.4, 0.5) is 0 Å². The van der Waals surface area contributed by atoms with E-state index in [1.807, 2.05) is 0 Å². The maximum atomic E-state index is 10.0. The summed E-state index contributed by atoms with van der Waals surface area (Å²) in [6.07, 6.45) is 11.6. The van der Waals surface area contributed by atoms with Gasteiger partial charge in [0, 0.05) is 11.1 Å². The molecule has 0 heterocycles. The van der Waals surface area contributed by atoms with Gasteiger partial charge >= 0.3 is 0 Å². The predicted molar refractivity (Wildman–Crippen MR) is 89.3 cm³/mol. The topological polar surface area (TPSA) is 58.6 Å². The summed E-state index contributed by atoms with van der Waals surface area (Å²) in [7, 11) is 0. The third-order valence-corrected chi connectivity index (χ3v) is 7.97. The van der Waals surface area contributed by atoms with Crippen LogP contribution in [0.5, 0.6) is 0 Å². The van der Waals surface area contributed by atoms with Crippen LogP contribution < -0.4 is 5.84 Å². The number of nitrogens with two attached hydrogens (primary N) is 1. The smallest absolute Gasteiger partial charge is 0.0577 e. The molecule has 0 spiro atoms. The van der Waals surface area contributed by atoms with Gasteiger partial charge in [0.2, 0.25) is 0 Å². The van der Waals surface area contributed by atoms with E-state index < -0.39 is 0 Å². The molecule has 3 saturated carbocycles. The quantitative estimate of drug-likeness (QED) is 0.408. The maximum absolute atomic E-state index is 10.0. The van der Waals surface area contributed by atoms with Crippen LogP contribution >= 0.6 is 0 Å². The van der Waals surface area contributed by atoms with E-state index in [0.29, 0.717) is 5.41 Å². The van der Waals surface area contributed by atoms with Gasteiger partial charge in [0.25, 0.3) is 0 Å². The standard InChI is InChI=1S/C19H30N2O/c1-18-9-7-13(22)11-12(18)3-4-14-15-5-6-17(21-20)19(15,2)10-8-16(14)18/h3,13-16,22H,4-11,20H2,1-2H3/b21-17+/t13-,14-,15-,16-,18+,19-/m1/s1. The lowest BCUT2D eigenvalue weighted by Crippen LogP contribution is -2.50. The summed E-state index contributed by atoms with van der Waals surface area (Å²) in [6.45, 7) is 4.90. The summed E-state index contributed by atoms with van der Waals surface area (Å²) in [6, 6.07) is 0. The fraction of sp³-hybridized carbons (Fsp3) is 0.842. The Morgan fingerprint density at radius 2 is 1.86 bits per heavy atom. The van der Waals surface area contributed by atoms with Gasteiger partial charge in [0.1, 0.15) is 0 Å². The van der Waals surface area contributed by atoms with Crippen molar-refractivity contribution in [2.75, 3.05) is 0 Å². The minimum Gasteiger partial charge on any atom is -0.393 e. The van der Waals surface area contributed by atoms with E-state index in [4.69, 9.17) is 5.84 Å². The molecule has 4 aliphatic carbocycles. The van der Waals surface area contributed by atoms with Crippen molar-refractivity contribution in [2.45, 2.75) is 71.3 Å². The van der Waals surface area contributed by atoms with Crippen molar-refractivity contribution < 1.29 is 5.11 Å². The molecule has 3 fully saturated rings. The van der Waals surface area contributed by atoms with Crippen LogP contribution in [0.2, 0.25) is 0 Å². The minimum atomic E-state index is -0.104. The summed E-state index contributed by atoms with van der Waals surface area (Å²) in [5, 5.41) is 14.2. The third-order valence-electron chi connectivity index (χ3n) is 7.97. The van der Waals surface area contributed by atoms with Crippen molar-refractivity contribution in [3.8, 4) is 0 Å². The third kappa shape index (κ3) is 1.81. The predicted octanol–water partition coefficient (Wildman–Crippen LogP) is 3.62. The number of hydrazone groups is 1. The van der Waals surface area contributed by atoms with Gasteiger partial charge in [-0.1, -0.05) is 25.5 Å². The molecule has 0 saturated heterocycles. The molecule has 0 aromatic heterocycles. The van der Waals surface area contributed by atoms with Crippen molar-refractivity contribution in [1.82, 2.24) is 0 Å². The molecule has 3 N–H and O–H groups in total. The Balaban J connectivity index is 1.69. The second-order valence-corrected chi connectivity index (χ2v) is 8.73. The average Bonchev–Trinajstić information content (AvgIpc) is 2.84. The molecule has 0 radical (unpaired) electrons. The van der Waals surface area contributed by atoms with Crippen LogP contribution in [0.25, 0.3) is 0 Å². The van der Waals surface area contributed by atoms with Gasteiger partial charge in [-0.3, -0.25) is 0 Å². The molecule has 0 aromatic rings. The zero-order valence-electron chi connectivity index (χ0n) is 14.0. The van der Waals surface area contributed by atoms with Crippen LogP contribution in [-0.2, 0) is 0 Å². The molecule has 0 bridgehead atoms. The fourth-order valence-corrected chi connectivity index (χ4v) is 6.64. The zero-order chi connectivity index (χ0) is 15.5. The highest BCUT2D eigenvalue weighted by molar-refractivity contribution is 5.92. The Morgan fingerprint density at radius 3 is 2.64 bits per heavy atom. The summed E-state index contributed by atoms with van der Waals surface area (Å²) in [4.78, 5) is 0. The van der Waals surface area contributed by atoms with Gasteiger partial charge in [-0.2, -0.15) is 5.10 Å². The van der Waals surface area contributed by atoms with Gasteiger partial charge in [0.15, 0.2) is 0 Å². The van der Waals surface area contributed by atoms with Crippen LogP contribution in [0, 0.1) is 28.6 Å². The molecular weight excluding hydrogens is 272 g/mol. The Morgan fingerprint density at radius 1 is 1.14 bits per heavy atom. The summed E-state index contributed by atoms with van der Waals surface area (Å²) >= 11 is 0. The van der Waals surface area contributed by atoms with Crippen molar-refractivity contribution in [1.29, 1.82) is 0 Å². The number of aliphatic hydroxyl groups is 1. The second kappa shape index (κ2) is 4.83. The first-order chi connectivity index (χ1) is 10.5. The first-order valence-electron chi connectivity index (χ1n) is 9.14. The number of rotatable bonds is 0. The van der Waals surface area contributed by atoms with E-state index in [0.717, 1.165) is 37.0 Å². The molecule has 4 rings (SSSR count). The number of fused-ring (bicyclic) bond motifs is 5. The highest BCUT2D eigenvalue weighted by Gasteiger charge is 2.57. The Bertz CT molecular complexity index is 540. The van der Waals surface area contributed by atoms with Crippen molar-refractivity contribution in [3.05, 3.63) is 11.6 Å². The Kier molecular flexibility index (Phi) is 3.24. The highest BCUT2D eigenvalue weighted by atomic mass is 16.3. The van der Waals surface area contributed by atoms with Gasteiger partial charge < -0.3 is 10.9 Å². The normalized spacial score (nSPS) is 52.7.